The number of benzene rings is 1. The molecule has 1 saturated carbocycles. The van der Waals surface area contributed by atoms with Crippen LogP contribution in [-0.4, -0.2) is 90.5 Å². The van der Waals surface area contributed by atoms with Crippen molar-refractivity contribution in [2.24, 2.45) is 11.8 Å². The maximum atomic E-state index is 12.6. The van der Waals surface area contributed by atoms with Crippen molar-refractivity contribution >= 4 is 17.8 Å². The van der Waals surface area contributed by atoms with Gasteiger partial charge in [0.25, 0.3) is 5.09 Å². The molecule has 3 N–H and O–H groups in total. The number of carbonyl (C=O) groups is 3. The van der Waals surface area contributed by atoms with Crippen LogP contribution in [0.25, 0.3) is 0 Å². The van der Waals surface area contributed by atoms with Gasteiger partial charge < -0.3 is 39.3 Å². The van der Waals surface area contributed by atoms with Gasteiger partial charge in [-0.05, 0) is 69.7 Å². The highest BCUT2D eigenvalue weighted by molar-refractivity contribution is 5.82. The molecule has 0 aromatic heterocycles. The molecule has 14 heteroatoms. The number of amides is 1. The first kappa shape index (κ1) is 38.2. The molecule has 5 atom stereocenters. The van der Waals surface area contributed by atoms with E-state index in [0.717, 1.165) is 5.56 Å². The van der Waals surface area contributed by atoms with E-state index in [-0.39, 0.29) is 44.2 Å². The Hall–Kier alpha value is -4.01. The lowest BCUT2D eigenvalue weighted by Crippen LogP contribution is -2.36. The summed E-state index contributed by atoms with van der Waals surface area (Å²) in [6.07, 6.45) is 6.97. The second-order valence-corrected chi connectivity index (χ2v) is 11.2. The maximum absolute atomic E-state index is 12.6. The van der Waals surface area contributed by atoms with Gasteiger partial charge in [-0.3, -0.25) is 14.4 Å². The predicted molar refractivity (Wildman–Crippen MR) is 165 cm³/mol. The molecule has 0 unspecified atom stereocenters. The Bertz CT molecular complexity index is 1170. The van der Waals surface area contributed by atoms with Crippen LogP contribution in [0.15, 0.2) is 48.6 Å². The summed E-state index contributed by atoms with van der Waals surface area (Å²) in [7, 11) is 0. The van der Waals surface area contributed by atoms with Crippen LogP contribution in [0.3, 0.4) is 0 Å². The molecule has 0 aliphatic heterocycles. The quantitative estimate of drug-likeness (QED) is 0.0580. The van der Waals surface area contributed by atoms with Crippen molar-refractivity contribution in [1.82, 2.24) is 5.32 Å². The molecule has 1 aromatic rings. The van der Waals surface area contributed by atoms with E-state index < -0.39 is 54.3 Å². The fourth-order valence-electron chi connectivity index (χ4n) is 4.80. The van der Waals surface area contributed by atoms with Gasteiger partial charge in [0.15, 0.2) is 6.10 Å². The number of allylic oxidation sites excluding steroid dienone is 2. The van der Waals surface area contributed by atoms with Crippen molar-refractivity contribution in [3.8, 4) is 5.75 Å². The largest absolute Gasteiger partial charge is 0.489 e. The smallest absolute Gasteiger partial charge is 0.326 e. The van der Waals surface area contributed by atoms with E-state index in [1.165, 1.54) is 0 Å². The molecule has 1 aromatic carbocycles. The number of nitrogens with zero attached hydrogens (tertiary/aromatic N) is 1. The molecule has 0 saturated heterocycles. The monoisotopic (exact) mass is 650 g/mol. The lowest BCUT2D eigenvalue weighted by molar-refractivity contribution is -0.758. The molecular formula is C32H46N2O12. The molecular weight excluding hydrogens is 604 g/mol. The van der Waals surface area contributed by atoms with Crippen LogP contribution in [0.4, 0.5) is 0 Å². The van der Waals surface area contributed by atoms with Crippen molar-refractivity contribution in [2.45, 2.75) is 77.3 Å². The Kier molecular flexibility index (Phi) is 17.4. The van der Waals surface area contributed by atoms with E-state index in [9.17, 15) is 34.7 Å². The van der Waals surface area contributed by atoms with Gasteiger partial charge in [0.2, 0.25) is 5.91 Å². The highest BCUT2D eigenvalue weighted by Crippen LogP contribution is 2.36. The van der Waals surface area contributed by atoms with E-state index in [0.29, 0.717) is 31.4 Å². The zero-order valence-electron chi connectivity index (χ0n) is 26.6. The van der Waals surface area contributed by atoms with Crippen LogP contribution < -0.4 is 10.1 Å². The first-order valence-corrected chi connectivity index (χ1v) is 15.3. The Balaban J connectivity index is 1.96. The Labute approximate surface area is 268 Å². The first-order chi connectivity index (χ1) is 21.9. The molecule has 0 bridgehead atoms. The van der Waals surface area contributed by atoms with Crippen LogP contribution >= 0.6 is 0 Å². The number of esters is 2. The summed E-state index contributed by atoms with van der Waals surface area (Å²) in [5.41, 5.74) is 0.978. The summed E-state index contributed by atoms with van der Waals surface area (Å²) >= 11 is 0. The maximum Gasteiger partial charge on any atom is 0.326 e. The van der Waals surface area contributed by atoms with Crippen LogP contribution in [0, 0.1) is 28.9 Å². The number of hydrogen-bond donors (Lipinski definition) is 3. The number of rotatable bonds is 21. The van der Waals surface area contributed by atoms with E-state index in [4.69, 9.17) is 18.9 Å². The summed E-state index contributed by atoms with van der Waals surface area (Å²) < 4.78 is 21.5. The zero-order chi connectivity index (χ0) is 33.9. The highest BCUT2D eigenvalue weighted by Gasteiger charge is 2.39. The third kappa shape index (κ3) is 15.8. The van der Waals surface area contributed by atoms with E-state index in [2.05, 4.69) is 10.2 Å². The minimum Gasteiger partial charge on any atom is -0.489 e. The number of hydrogen-bond acceptors (Lipinski definition) is 12. The number of nitrogens with one attached hydrogen (secondary N) is 1. The predicted octanol–water partition coefficient (Wildman–Crippen LogP) is 2.61. The standard InChI is InChI=1S/C32H46N2O12/c1-22(2)45-31(38)12-7-5-4-6-11-26-27(29(36)18-28(26)35)14-13-25(20-43-24-10-8-9-23(3)17-24)46-32(39)19-33-30(37)21-42-15-16-44-34(40)41/h4,6,8-10,13-14,17,22,25-29,35-36H,5,7,11-12,15-16,18-21H2,1-3H3,(H,33,37)/b6-4-,14-13+/t25-,26-,27-,28+,29-/m1/s1. The average Bonchev–Trinajstić information content (AvgIpc) is 3.25. The van der Waals surface area contributed by atoms with Gasteiger partial charge in [0.05, 0.1) is 24.9 Å². The van der Waals surface area contributed by atoms with Crippen molar-refractivity contribution in [3.63, 3.8) is 0 Å². The molecule has 1 aliphatic rings. The van der Waals surface area contributed by atoms with Gasteiger partial charge >= 0.3 is 11.9 Å². The van der Waals surface area contributed by atoms with Crippen molar-refractivity contribution in [1.29, 1.82) is 0 Å². The molecule has 0 heterocycles. The fourth-order valence-corrected chi connectivity index (χ4v) is 4.80. The van der Waals surface area contributed by atoms with Crippen molar-refractivity contribution in [3.05, 3.63) is 64.2 Å². The van der Waals surface area contributed by atoms with Crippen molar-refractivity contribution < 1.29 is 53.5 Å². The van der Waals surface area contributed by atoms with Crippen LogP contribution in [0.5, 0.6) is 5.75 Å². The summed E-state index contributed by atoms with van der Waals surface area (Å²) in [6, 6.07) is 7.33. The third-order valence-electron chi connectivity index (χ3n) is 6.93. The summed E-state index contributed by atoms with van der Waals surface area (Å²) in [5, 5.41) is 32.8. The third-order valence-corrected chi connectivity index (χ3v) is 6.93. The average molecular weight is 651 g/mol. The van der Waals surface area contributed by atoms with Gasteiger partial charge in [-0.2, -0.15) is 0 Å². The lowest BCUT2D eigenvalue weighted by Gasteiger charge is -2.21. The molecule has 0 spiro atoms. The van der Waals surface area contributed by atoms with E-state index in [1.54, 1.807) is 32.1 Å². The number of unbranched alkanes of at least 4 members (excludes halogenated alkanes) is 1. The summed E-state index contributed by atoms with van der Waals surface area (Å²) in [5.74, 6) is -1.75. The summed E-state index contributed by atoms with van der Waals surface area (Å²) in [4.78, 5) is 50.4. The SMILES string of the molecule is Cc1cccc(OC[C@@H](/C=C/[C@@H]2[C@@H](C/C=C\CCCC(=O)OC(C)C)[C@@H](O)C[C@H]2O)OC(=O)CNC(=O)COCCO[N+](=O)[O-])c1. The van der Waals surface area contributed by atoms with Gasteiger partial charge in [0, 0.05) is 18.8 Å². The number of aliphatic hydroxyl groups is 2. The lowest BCUT2D eigenvalue weighted by atomic mass is 9.89. The molecule has 2 rings (SSSR count). The first-order valence-electron chi connectivity index (χ1n) is 15.3. The highest BCUT2D eigenvalue weighted by atomic mass is 17.0. The van der Waals surface area contributed by atoms with Crippen molar-refractivity contribution in [2.75, 3.05) is 33.0 Å². The van der Waals surface area contributed by atoms with Gasteiger partial charge in [-0.25, -0.2) is 0 Å². The van der Waals surface area contributed by atoms with Gasteiger partial charge in [0.1, 0.15) is 32.1 Å². The molecule has 14 nitrogen and oxygen atoms in total. The molecule has 46 heavy (non-hydrogen) atoms. The number of aryl methyl sites for hydroxylation is 1. The Morgan fingerprint density at radius 3 is 2.61 bits per heavy atom. The molecule has 1 amide bonds. The second kappa shape index (κ2) is 20.9. The number of ether oxygens (including phenoxy) is 4. The molecule has 1 aliphatic carbocycles. The summed E-state index contributed by atoms with van der Waals surface area (Å²) in [6.45, 7) is 4.05. The normalized spacial score (nSPS) is 20.1. The van der Waals surface area contributed by atoms with Crippen LogP contribution in [-0.2, 0) is 33.4 Å². The zero-order valence-corrected chi connectivity index (χ0v) is 26.6. The minimum atomic E-state index is -0.974. The van der Waals surface area contributed by atoms with Crippen LogP contribution in [0.1, 0.15) is 51.5 Å². The number of aliphatic hydroxyl groups excluding tert-OH is 2. The fraction of sp³-hybridized carbons (Fsp3) is 0.594. The Morgan fingerprint density at radius 1 is 1.11 bits per heavy atom. The molecule has 1 fully saturated rings. The van der Waals surface area contributed by atoms with Gasteiger partial charge in [-0.15, -0.1) is 10.1 Å². The van der Waals surface area contributed by atoms with E-state index in [1.807, 2.05) is 37.3 Å². The van der Waals surface area contributed by atoms with E-state index >= 15 is 0 Å². The number of carbonyl (C=O) groups excluding carboxylic acids is 3. The van der Waals surface area contributed by atoms with Crippen LogP contribution in [0.2, 0.25) is 0 Å². The Morgan fingerprint density at radius 2 is 1.89 bits per heavy atom. The molecule has 256 valence electrons. The molecule has 0 radical (unpaired) electrons. The second-order valence-electron chi connectivity index (χ2n) is 11.2. The minimum absolute atomic E-state index is 0.0472. The van der Waals surface area contributed by atoms with Gasteiger partial charge in [-0.1, -0.05) is 30.4 Å². The topological polar surface area (TPSA) is 193 Å².